The Morgan fingerprint density at radius 3 is 2.69 bits per heavy atom. The molecule has 6 heteroatoms. The van der Waals surface area contributed by atoms with Crippen LogP contribution in [-0.2, 0) is 0 Å². The van der Waals surface area contributed by atoms with E-state index in [1.54, 1.807) is 12.1 Å². The Kier molecular flexibility index (Phi) is 5.84. The van der Waals surface area contributed by atoms with Gasteiger partial charge in [0.05, 0.1) is 0 Å². The largest absolute Gasteiger partial charge is 0.372 e. The topological polar surface area (TPSA) is 70.2 Å². The smallest absolute Gasteiger partial charge is 0.270 e. The highest BCUT2D eigenvalue weighted by molar-refractivity contribution is 5.93. The standard InChI is InChI=1S/C20H25N5O/c1-3-10-21-20(26)18-13-19(23-14-22-18)24-16-4-6-17(7-5-16)25-11-8-15(2)9-12-25/h3-7,13-15H,1,8-12H2,2H3,(H,21,26)(H,22,23,24). The molecule has 2 aromatic rings. The Hall–Kier alpha value is -2.89. The molecule has 1 aliphatic rings. The van der Waals surface area contributed by atoms with E-state index < -0.39 is 0 Å². The van der Waals surface area contributed by atoms with Gasteiger partial charge < -0.3 is 15.5 Å². The van der Waals surface area contributed by atoms with Crippen molar-refractivity contribution in [3.8, 4) is 0 Å². The summed E-state index contributed by atoms with van der Waals surface area (Å²) < 4.78 is 0. The van der Waals surface area contributed by atoms with Crippen molar-refractivity contribution in [1.29, 1.82) is 0 Å². The van der Waals surface area contributed by atoms with Gasteiger partial charge in [-0.3, -0.25) is 4.79 Å². The van der Waals surface area contributed by atoms with E-state index in [9.17, 15) is 4.79 Å². The summed E-state index contributed by atoms with van der Waals surface area (Å²) in [4.78, 5) is 22.6. The van der Waals surface area contributed by atoms with Crippen LogP contribution in [0.2, 0.25) is 0 Å². The Bertz CT molecular complexity index is 751. The van der Waals surface area contributed by atoms with E-state index in [0.717, 1.165) is 24.7 Å². The normalized spacial score (nSPS) is 14.7. The number of anilines is 3. The molecule has 6 nitrogen and oxygen atoms in total. The average Bonchev–Trinajstić information content (AvgIpc) is 2.67. The molecule has 0 unspecified atom stereocenters. The number of benzene rings is 1. The summed E-state index contributed by atoms with van der Waals surface area (Å²) in [6.07, 6.45) is 5.51. The maximum atomic E-state index is 12.0. The van der Waals surface area contributed by atoms with Crippen LogP contribution >= 0.6 is 0 Å². The summed E-state index contributed by atoms with van der Waals surface area (Å²) in [6, 6.07) is 9.95. The van der Waals surface area contributed by atoms with Crippen LogP contribution in [0.3, 0.4) is 0 Å². The first-order chi connectivity index (χ1) is 12.7. The molecule has 1 aromatic heterocycles. The fourth-order valence-electron chi connectivity index (χ4n) is 2.98. The van der Waals surface area contributed by atoms with Gasteiger partial charge in [0.25, 0.3) is 5.91 Å². The molecular weight excluding hydrogens is 326 g/mol. The van der Waals surface area contributed by atoms with Gasteiger partial charge in [-0.05, 0) is 43.0 Å². The minimum Gasteiger partial charge on any atom is -0.372 e. The molecule has 0 spiro atoms. The summed E-state index contributed by atoms with van der Waals surface area (Å²) in [6.45, 7) is 8.53. The maximum Gasteiger partial charge on any atom is 0.270 e. The number of nitrogens with one attached hydrogen (secondary N) is 2. The van der Waals surface area contributed by atoms with Crippen molar-refractivity contribution in [2.75, 3.05) is 29.9 Å². The van der Waals surface area contributed by atoms with Gasteiger partial charge in [0, 0.05) is 37.1 Å². The van der Waals surface area contributed by atoms with Crippen molar-refractivity contribution in [1.82, 2.24) is 15.3 Å². The Morgan fingerprint density at radius 2 is 2.00 bits per heavy atom. The van der Waals surface area contributed by atoms with Gasteiger partial charge in [-0.1, -0.05) is 13.0 Å². The molecule has 0 bridgehead atoms. The van der Waals surface area contributed by atoms with Crippen LogP contribution in [0.25, 0.3) is 0 Å². The lowest BCUT2D eigenvalue weighted by atomic mass is 9.99. The van der Waals surface area contributed by atoms with Crippen molar-refractivity contribution in [3.63, 3.8) is 0 Å². The van der Waals surface area contributed by atoms with E-state index in [4.69, 9.17) is 0 Å². The molecule has 26 heavy (non-hydrogen) atoms. The van der Waals surface area contributed by atoms with Crippen LogP contribution in [0.15, 0.2) is 49.3 Å². The lowest BCUT2D eigenvalue weighted by molar-refractivity contribution is 0.0953. The number of carbonyl (C=O) groups is 1. The van der Waals surface area contributed by atoms with E-state index in [0.29, 0.717) is 18.1 Å². The molecule has 1 aromatic carbocycles. The summed E-state index contributed by atoms with van der Waals surface area (Å²) in [5.41, 5.74) is 2.49. The Morgan fingerprint density at radius 1 is 1.27 bits per heavy atom. The highest BCUT2D eigenvalue weighted by atomic mass is 16.1. The molecule has 1 aliphatic heterocycles. The fraction of sp³-hybridized carbons (Fsp3) is 0.350. The third-order valence-corrected chi connectivity index (χ3v) is 4.60. The van der Waals surface area contributed by atoms with Crippen molar-refractivity contribution >= 4 is 23.1 Å². The lowest BCUT2D eigenvalue weighted by Crippen LogP contribution is -2.32. The van der Waals surface area contributed by atoms with Crippen LogP contribution in [0.4, 0.5) is 17.2 Å². The molecule has 0 aliphatic carbocycles. The zero-order valence-electron chi connectivity index (χ0n) is 15.1. The van der Waals surface area contributed by atoms with Gasteiger partial charge in [-0.15, -0.1) is 6.58 Å². The first kappa shape index (κ1) is 17.9. The number of hydrogen-bond donors (Lipinski definition) is 2. The van der Waals surface area contributed by atoms with Gasteiger partial charge in [-0.25, -0.2) is 9.97 Å². The zero-order valence-corrected chi connectivity index (χ0v) is 15.1. The lowest BCUT2D eigenvalue weighted by Gasteiger charge is -2.32. The van der Waals surface area contributed by atoms with Gasteiger partial charge in [0.2, 0.25) is 0 Å². The second-order valence-electron chi connectivity index (χ2n) is 6.63. The van der Waals surface area contributed by atoms with E-state index in [2.05, 4.69) is 51.1 Å². The van der Waals surface area contributed by atoms with Crippen molar-refractivity contribution in [2.45, 2.75) is 19.8 Å². The quantitative estimate of drug-likeness (QED) is 0.781. The van der Waals surface area contributed by atoms with E-state index in [-0.39, 0.29) is 5.91 Å². The van der Waals surface area contributed by atoms with Crippen LogP contribution in [0.5, 0.6) is 0 Å². The highest BCUT2D eigenvalue weighted by Gasteiger charge is 2.15. The second kappa shape index (κ2) is 8.47. The number of hydrogen-bond acceptors (Lipinski definition) is 5. The molecule has 0 saturated carbocycles. The molecular formula is C20H25N5O. The SMILES string of the molecule is C=CCNC(=O)c1cc(Nc2ccc(N3CCC(C)CC3)cc2)ncn1. The minimum absolute atomic E-state index is 0.245. The summed E-state index contributed by atoms with van der Waals surface area (Å²) in [7, 11) is 0. The van der Waals surface area contributed by atoms with Crippen LogP contribution in [0, 0.1) is 5.92 Å². The zero-order chi connectivity index (χ0) is 18.4. The summed E-state index contributed by atoms with van der Waals surface area (Å²) >= 11 is 0. The first-order valence-electron chi connectivity index (χ1n) is 8.99. The number of rotatable bonds is 6. The van der Waals surface area contributed by atoms with Gasteiger partial charge in [0.1, 0.15) is 17.8 Å². The maximum absolute atomic E-state index is 12.0. The third kappa shape index (κ3) is 4.59. The van der Waals surface area contributed by atoms with E-state index in [1.165, 1.54) is 24.9 Å². The van der Waals surface area contributed by atoms with Crippen LogP contribution in [-0.4, -0.2) is 35.5 Å². The molecule has 1 saturated heterocycles. The summed E-state index contributed by atoms with van der Waals surface area (Å²) in [5, 5.41) is 5.93. The average molecular weight is 351 g/mol. The van der Waals surface area contributed by atoms with Gasteiger partial charge in [-0.2, -0.15) is 0 Å². The number of nitrogens with zero attached hydrogens (tertiary/aromatic N) is 3. The van der Waals surface area contributed by atoms with Crippen molar-refractivity contribution < 1.29 is 4.79 Å². The Balaban J connectivity index is 1.64. The molecule has 3 rings (SSSR count). The highest BCUT2D eigenvalue weighted by Crippen LogP contribution is 2.25. The predicted molar refractivity (Wildman–Crippen MR) is 105 cm³/mol. The van der Waals surface area contributed by atoms with E-state index in [1.807, 2.05) is 12.1 Å². The first-order valence-corrected chi connectivity index (χ1v) is 8.99. The van der Waals surface area contributed by atoms with Crippen molar-refractivity contribution in [3.05, 3.63) is 55.0 Å². The molecule has 2 N–H and O–H groups in total. The third-order valence-electron chi connectivity index (χ3n) is 4.60. The number of aromatic nitrogens is 2. The number of piperidine rings is 1. The molecule has 0 atom stereocenters. The van der Waals surface area contributed by atoms with Crippen molar-refractivity contribution in [2.24, 2.45) is 5.92 Å². The molecule has 0 radical (unpaired) electrons. The second-order valence-corrected chi connectivity index (χ2v) is 6.63. The molecule has 1 fully saturated rings. The minimum atomic E-state index is -0.245. The van der Waals surface area contributed by atoms with Crippen LogP contribution in [0.1, 0.15) is 30.3 Å². The molecule has 2 heterocycles. The van der Waals surface area contributed by atoms with Gasteiger partial charge >= 0.3 is 0 Å². The van der Waals surface area contributed by atoms with Crippen LogP contribution < -0.4 is 15.5 Å². The number of carbonyl (C=O) groups excluding carboxylic acids is 1. The molecule has 1 amide bonds. The predicted octanol–water partition coefficient (Wildman–Crippen LogP) is 3.37. The van der Waals surface area contributed by atoms with Gasteiger partial charge in [0.15, 0.2) is 0 Å². The monoisotopic (exact) mass is 351 g/mol. The van der Waals surface area contributed by atoms with E-state index >= 15 is 0 Å². The molecule has 136 valence electrons. The summed E-state index contributed by atoms with van der Waals surface area (Å²) in [5.74, 6) is 1.16. The Labute approximate surface area is 154 Å². The number of amides is 1. The fourth-order valence-corrected chi connectivity index (χ4v) is 2.98.